The Morgan fingerprint density at radius 3 is 2.33 bits per heavy atom. The number of rotatable bonds is 3. The van der Waals surface area contributed by atoms with Crippen LogP contribution >= 0.6 is 15.9 Å². The normalized spacial score (nSPS) is 19.3. The third kappa shape index (κ3) is 2.63. The first-order chi connectivity index (χ1) is 7.31. The van der Waals surface area contributed by atoms with E-state index in [1.165, 1.54) is 36.8 Å². The maximum absolute atomic E-state index is 3.49. The van der Waals surface area contributed by atoms with Crippen molar-refractivity contribution in [3.05, 3.63) is 35.4 Å². The van der Waals surface area contributed by atoms with E-state index in [0.29, 0.717) is 0 Å². The summed E-state index contributed by atoms with van der Waals surface area (Å²) in [4.78, 5) is 0. The van der Waals surface area contributed by atoms with Crippen LogP contribution in [0.15, 0.2) is 24.3 Å². The quantitative estimate of drug-likeness (QED) is 0.685. The number of benzene rings is 1. The minimum absolute atomic E-state index is 0.747. The summed E-state index contributed by atoms with van der Waals surface area (Å²) in [7, 11) is 0. The number of alkyl halides is 1. The molecule has 0 saturated heterocycles. The first-order valence-corrected chi connectivity index (χ1v) is 7.08. The molecule has 1 fully saturated rings. The van der Waals surface area contributed by atoms with E-state index in [2.05, 4.69) is 47.1 Å². The molecule has 0 spiro atoms. The molecule has 15 heavy (non-hydrogen) atoms. The summed E-state index contributed by atoms with van der Waals surface area (Å²) in [5.74, 6) is 1.68. The molecule has 0 aliphatic heterocycles. The Morgan fingerprint density at radius 1 is 1.20 bits per heavy atom. The molecule has 0 bridgehead atoms. The van der Waals surface area contributed by atoms with Crippen molar-refractivity contribution in [2.75, 3.05) is 0 Å². The van der Waals surface area contributed by atoms with Gasteiger partial charge in [0.2, 0.25) is 0 Å². The molecule has 1 aliphatic carbocycles. The van der Waals surface area contributed by atoms with E-state index in [0.717, 1.165) is 17.2 Å². The topological polar surface area (TPSA) is 0 Å². The van der Waals surface area contributed by atoms with Crippen molar-refractivity contribution in [1.82, 2.24) is 0 Å². The fraction of sp³-hybridized carbons (Fsp3) is 0.571. The number of hydrogen-bond donors (Lipinski definition) is 0. The maximum Gasteiger partial charge on any atom is 0.0283 e. The van der Waals surface area contributed by atoms with E-state index in [-0.39, 0.29) is 0 Å². The SMILES string of the molecule is CC(c1ccc(CBr)cc1)C1CCCC1. The second-order valence-corrected chi connectivity index (χ2v) is 5.27. The van der Waals surface area contributed by atoms with Gasteiger partial charge in [-0.05, 0) is 35.8 Å². The van der Waals surface area contributed by atoms with Crippen molar-refractivity contribution >= 4 is 15.9 Å². The van der Waals surface area contributed by atoms with Gasteiger partial charge in [-0.25, -0.2) is 0 Å². The number of halogens is 1. The predicted octanol–water partition coefficient (Wildman–Crippen LogP) is 4.88. The Bertz CT molecular complexity index is 296. The fourth-order valence-electron chi connectivity index (χ4n) is 2.64. The highest BCUT2D eigenvalue weighted by Gasteiger charge is 2.22. The van der Waals surface area contributed by atoms with Gasteiger partial charge in [-0.15, -0.1) is 0 Å². The average molecular weight is 267 g/mol. The van der Waals surface area contributed by atoms with Gasteiger partial charge in [-0.1, -0.05) is 60.0 Å². The smallest absolute Gasteiger partial charge is 0.0283 e. The summed E-state index contributed by atoms with van der Waals surface area (Å²) in [6, 6.07) is 9.10. The van der Waals surface area contributed by atoms with Crippen LogP contribution in [-0.4, -0.2) is 0 Å². The van der Waals surface area contributed by atoms with Crippen LogP contribution in [0.3, 0.4) is 0 Å². The van der Waals surface area contributed by atoms with Gasteiger partial charge in [-0.2, -0.15) is 0 Å². The van der Waals surface area contributed by atoms with Gasteiger partial charge in [0.25, 0.3) is 0 Å². The van der Waals surface area contributed by atoms with E-state index < -0.39 is 0 Å². The van der Waals surface area contributed by atoms with Crippen LogP contribution < -0.4 is 0 Å². The first-order valence-electron chi connectivity index (χ1n) is 5.96. The molecule has 1 unspecified atom stereocenters. The van der Waals surface area contributed by atoms with Gasteiger partial charge in [-0.3, -0.25) is 0 Å². The second-order valence-electron chi connectivity index (χ2n) is 4.71. The van der Waals surface area contributed by atoms with Gasteiger partial charge in [0, 0.05) is 5.33 Å². The van der Waals surface area contributed by atoms with Crippen LogP contribution in [0.5, 0.6) is 0 Å². The third-order valence-electron chi connectivity index (χ3n) is 3.77. The van der Waals surface area contributed by atoms with Crippen molar-refractivity contribution in [1.29, 1.82) is 0 Å². The zero-order chi connectivity index (χ0) is 10.7. The molecule has 0 amide bonds. The summed E-state index contributed by atoms with van der Waals surface area (Å²) in [5.41, 5.74) is 2.89. The molecule has 0 aromatic heterocycles. The lowest BCUT2D eigenvalue weighted by molar-refractivity contribution is 0.461. The Hall–Kier alpha value is -0.300. The van der Waals surface area contributed by atoms with Crippen LogP contribution in [0, 0.1) is 5.92 Å². The minimum Gasteiger partial charge on any atom is -0.0876 e. The van der Waals surface area contributed by atoms with Crippen LogP contribution in [0.4, 0.5) is 0 Å². The van der Waals surface area contributed by atoms with Crippen molar-refractivity contribution < 1.29 is 0 Å². The highest BCUT2D eigenvalue weighted by molar-refractivity contribution is 9.08. The van der Waals surface area contributed by atoms with Gasteiger partial charge < -0.3 is 0 Å². The molecular weight excluding hydrogens is 248 g/mol. The Kier molecular flexibility index (Phi) is 3.85. The number of hydrogen-bond acceptors (Lipinski definition) is 0. The highest BCUT2D eigenvalue weighted by Crippen LogP contribution is 2.36. The standard InChI is InChI=1S/C14H19Br/c1-11(13-4-2-3-5-13)14-8-6-12(10-15)7-9-14/h6-9,11,13H,2-5,10H2,1H3. The molecule has 0 nitrogen and oxygen atoms in total. The van der Waals surface area contributed by atoms with E-state index >= 15 is 0 Å². The Morgan fingerprint density at radius 2 is 1.80 bits per heavy atom. The van der Waals surface area contributed by atoms with Crippen molar-refractivity contribution in [3.8, 4) is 0 Å². The zero-order valence-corrected chi connectivity index (χ0v) is 11.0. The van der Waals surface area contributed by atoms with Crippen molar-refractivity contribution in [2.45, 2.75) is 43.9 Å². The lowest BCUT2D eigenvalue weighted by Crippen LogP contribution is -2.05. The lowest BCUT2D eigenvalue weighted by atomic mass is 9.86. The molecule has 1 aromatic rings. The molecule has 1 saturated carbocycles. The summed E-state index contributed by atoms with van der Waals surface area (Å²) in [6.07, 6.45) is 5.74. The molecule has 0 N–H and O–H groups in total. The molecule has 82 valence electrons. The molecule has 1 aliphatic rings. The highest BCUT2D eigenvalue weighted by atomic mass is 79.9. The molecule has 0 heterocycles. The summed E-state index contributed by atoms with van der Waals surface area (Å²) < 4.78 is 0. The summed E-state index contributed by atoms with van der Waals surface area (Å²) in [6.45, 7) is 2.39. The Balaban J connectivity index is 2.07. The van der Waals surface area contributed by atoms with Crippen LogP contribution in [0.25, 0.3) is 0 Å². The van der Waals surface area contributed by atoms with E-state index in [9.17, 15) is 0 Å². The lowest BCUT2D eigenvalue weighted by Gasteiger charge is -2.19. The summed E-state index contributed by atoms with van der Waals surface area (Å²) in [5, 5.41) is 0.963. The minimum atomic E-state index is 0.747. The van der Waals surface area contributed by atoms with Gasteiger partial charge in [0.15, 0.2) is 0 Å². The second kappa shape index (κ2) is 5.16. The van der Waals surface area contributed by atoms with E-state index in [4.69, 9.17) is 0 Å². The maximum atomic E-state index is 3.49. The summed E-state index contributed by atoms with van der Waals surface area (Å²) >= 11 is 3.49. The van der Waals surface area contributed by atoms with Crippen LogP contribution in [0.2, 0.25) is 0 Å². The van der Waals surface area contributed by atoms with E-state index in [1.54, 1.807) is 0 Å². The molecular formula is C14H19Br. The van der Waals surface area contributed by atoms with Crippen molar-refractivity contribution in [2.24, 2.45) is 5.92 Å². The monoisotopic (exact) mass is 266 g/mol. The molecule has 0 radical (unpaired) electrons. The van der Waals surface area contributed by atoms with Gasteiger partial charge >= 0.3 is 0 Å². The van der Waals surface area contributed by atoms with Crippen LogP contribution in [-0.2, 0) is 5.33 Å². The first kappa shape index (κ1) is 11.2. The van der Waals surface area contributed by atoms with Crippen LogP contribution in [0.1, 0.15) is 49.7 Å². The molecule has 1 aromatic carbocycles. The fourth-order valence-corrected chi connectivity index (χ4v) is 3.01. The van der Waals surface area contributed by atoms with Crippen molar-refractivity contribution in [3.63, 3.8) is 0 Å². The zero-order valence-electron chi connectivity index (χ0n) is 9.38. The van der Waals surface area contributed by atoms with Gasteiger partial charge in [0.1, 0.15) is 0 Å². The Labute approximate surface area is 101 Å². The third-order valence-corrected chi connectivity index (χ3v) is 4.41. The molecule has 1 heteroatoms. The average Bonchev–Trinajstić information content (AvgIpc) is 2.82. The molecule has 2 rings (SSSR count). The van der Waals surface area contributed by atoms with E-state index in [1.807, 2.05) is 0 Å². The molecule has 1 atom stereocenters. The van der Waals surface area contributed by atoms with Gasteiger partial charge in [0.05, 0.1) is 0 Å². The predicted molar refractivity (Wildman–Crippen MR) is 69.4 cm³/mol. The largest absolute Gasteiger partial charge is 0.0876 e.